The predicted molar refractivity (Wildman–Crippen MR) is 89.1 cm³/mol. The van der Waals surface area contributed by atoms with E-state index in [2.05, 4.69) is 0 Å². The number of hydrogen-bond acceptors (Lipinski definition) is 4. The number of nitrogens with zero attached hydrogens (tertiary/aromatic N) is 2. The van der Waals surface area contributed by atoms with Gasteiger partial charge >= 0.3 is 0 Å². The van der Waals surface area contributed by atoms with Gasteiger partial charge in [-0.15, -0.1) is 0 Å². The molecule has 0 unspecified atom stereocenters. The summed E-state index contributed by atoms with van der Waals surface area (Å²) in [6.07, 6.45) is 0.730. The predicted octanol–water partition coefficient (Wildman–Crippen LogP) is 2.08. The van der Waals surface area contributed by atoms with E-state index in [1.807, 2.05) is 16.7 Å². The number of aliphatic hydroxyl groups is 1. The summed E-state index contributed by atoms with van der Waals surface area (Å²) < 4.78 is 0. The monoisotopic (exact) mass is 358 g/mol. The molecule has 2 aliphatic rings. The van der Waals surface area contributed by atoms with Gasteiger partial charge in [0, 0.05) is 36.7 Å². The van der Waals surface area contributed by atoms with Crippen LogP contribution in [0.4, 0.5) is 0 Å². The molecule has 5 nitrogen and oxygen atoms in total. The average molecular weight is 359 g/mol. The third-order valence-corrected chi connectivity index (χ3v) is 5.74. The van der Waals surface area contributed by atoms with Crippen LogP contribution in [0.25, 0.3) is 0 Å². The second-order valence-corrected chi connectivity index (χ2v) is 7.17. The Hall–Kier alpha value is -1.01. The van der Waals surface area contributed by atoms with E-state index in [9.17, 15) is 15.0 Å². The molecule has 2 heterocycles. The zero-order chi connectivity index (χ0) is 16.7. The third kappa shape index (κ3) is 3.03. The topological polar surface area (TPSA) is 64.0 Å². The van der Waals surface area contributed by atoms with Gasteiger partial charge < -0.3 is 15.1 Å². The van der Waals surface area contributed by atoms with Gasteiger partial charge in [0.2, 0.25) is 5.91 Å². The Morgan fingerprint density at radius 2 is 2.09 bits per heavy atom. The van der Waals surface area contributed by atoms with Crippen LogP contribution in [0.15, 0.2) is 12.1 Å². The van der Waals surface area contributed by atoms with Crippen molar-refractivity contribution in [3.8, 4) is 5.75 Å². The van der Waals surface area contributed by atoms with Crippen LogP contribution in [-0.4, -0.2) is 64.2 Å². The Bertz CT molecular complexity index is 626. The van der Waals surface area contributed by atoms with Crippen molar-refractivity contribution in [1.82, 2.24) is 9.80 Å². The number of rotatable bonds is 3. The molecular formula is C16H20Cl2N2O3. The Kier molecular flexibility index (Phi) is 4.74. The van der Waals surface area contributed by atoms with Crippen LogP contribution in [0.3, 0.4) is 0 Å². The Morgan fingerprint density at radius 3 is 2.78 bits per heavy atom. The van der Waals surface area contributed by atoms with Crippen LogP contribution in [-0.2, 0) is 4.79 Å². The minimum atomic E-state index is -0.0386. The summed E-state index contributed by atoms with van der Waals surface area (Å²) in [6, 6.07) is 3.15. The van der Waals surface area contributed by atoms with Gasteiger partial charge in [0.1, 0.15) is 5.75 Å². The highest BCUT2D eigenvalue weighted by atomic mass is 35.5. The van der Waals surface area contributed by atoms with Crippen LogP contribution < -0.4 is 0 Å². The fourth-order valence-corrected chi connectivity index (χ4v) is 4.08. The van der Waals surface area contributed by atoms with Crippen LogP contribution in [0.2, 0.25) is 10.0 Å². The lowest BCUT2D eigenvalue weighted by molar-refractivity contribution is -0.139. The molecule has 2 aliphatic heterocycles. The molecule has 7 heteroatoms. The SMILES string of the molecule is C[C@@H](CO)N1CC(=O)N2C[C@@H](c3c(O)ccc(Cl)c3Cl)C[C@H]2C1. The summed E-state index contributed by atoms with van der Waals surface area (Å²) >= 11 is 12.3. The first-order valence-electron chi connectivity index (χ1n) is 7.73. The summed E-state index contributed by atoms with van der Waals surface area (Å²) in [4.78, 5) is 16.3. The molecule has 1 amide bonds. The number of hydrogen-bond donors (Lipinski definition) is 2. The zero-order valence-corrected chi connectivity index (χ0v) is 14.4. The van der Waals surface area contributed by atoms with Gasteiger partial charge in [0.15, 0.2) is 0 Å². The molecule has 0 bridgehead atoms. The first-order chi connectivity index (χ1) is 10.9. The molecule has 23 heavy (non-hydrogen) atoms. The van der Waals surface area contributed by atoms with Crippen molar-refractivity contribution in [3.63, 3.8) is 0 Å². The number of phenolic OH excluding ortho intramolecular Hbond substituents is 1. The van der Waals surface area contributed by atoms with Gasteiger partial charge in [-0.25, -0.2) is 0 Å². The Morgan fingerprint density at radius 1 is 1.35 bits per heavy atom. The molecule has 126 valence electrons. The molecule has 0 aromatic heterocycles. The number of carbonyl (C=O) groups excluding carboxylic acids is 1. The molecule has 3 atom stereocenters. The lowest BCUT2D eigenvalue weighted by atomic mass is 9.95. The second kappa shape index (κ2) is 6.48. The second-order valence-electron chi connectivity index (χ2n) is 6.39. The highest BCUT2D eigenvalue weighted by Gasteiger charge is 2.42. The number of carbonyl (C=O) groups is 1. The number of aromatic hydroxyl groups is 1. The minimum Gasteiger partial charge on any atom is -0.508 e. The summed E-state index contributed by atoms with van der Waals surface area (Å²) in [5.41, 5.74) is 0.628. The van der Waals surface area contributed by atoms with E-state index in [0.717, 1.165) is 13.0 Å². The van der Waals surface area contributed by atoms with E-state index in [1.165, 1.54) is 0 Å². The van der Waals surface area contributed by atoms with E-state index in [0.29, 0.717) is 28.7 Å². The minimum absolute atomic E-state index is 0.0282. The van der Waals surface area contributed by atoms with Gasteiger partial charge in [-0.2, -0.15) is 0 Å². The Labute approximate surface area is 145 Å². The van der Waals surface area contributed by atoms with Crippen molar-refractivity contribution in [2.75, 3.05) is 26.2 Å². The molecule has 1 aromatic rings. The zero-order valence-electron chi connectivity index (χ0n) is 12.9. The molecule has 2 saturated heterocycles. The van der Waals surface area contributed by atoms with Crippen molar-refractivity contribution >= 4 is 29.1 Å². The van der Waals surface area contributed by atoms with Gasteiger partial charge in [0.05, 0.1) is 23.2 Å². The lowest BCUT2D eigenvalue weighted by Gasteiger charge is -2.39. The van der Waals surface area contributed by atoms with Crippen molar-refractivity contribution in [2.24, 2.45) is 0 Å². The van der Waals surface area contributed by atoms with Crippen molar-refractivity contribution in [2.45, 2.75) is 31.3 Å². The van der Waals surface area contributed by atoms with E-state index < -0.39 is 0 Å². The number of phenols is 1. The van der Waals surface area contributed by atoms with Gasteiger partial charge in [0.25, 0.3) is 0 Å². The molecule has 3 rings (SSSR count). The first kappa shape index (κ1) is 16.8. The van der Waals surface area contributed by atoms with Crippen molar-refractivity contribution in [3.05, 3.63) is 27.7 Å². The Balaban J connectivity index is 1.83. The molecule has 1 aromatic carbocycles. The average Bonchev–Trinajstić information content (AvgIpc) is 2.94. The highest BCUT2D eigenvalue weighted by molar-refractivity contribution is 6.42. The van der Waals surface area contributed by atoms with E-state index >= 15 is 0 Å². The number of benzene rings is 1. The number of fused-ring (bicyclic) bond motifs is 1. The van der Waals surface area contributed by atoms with Crippen molar-refractivity contribution < 1.29 is 15.0 Å². The smallest absolute Gasteiger partial charge is 0.237 e. The normalized spacial score (nSPS) is 26.4. The van der Waals surface area contributed by atoms with E-state index in [-0.39, 0.29) is 36.3 Å². The maximum atomic E-state index is 12.4. The first-order valence-corrected chi connectivity index (χ1v) is 8.49. The summed E-state index contributed by atoms with van der Waals surface area (Å²) in [5.74, 6) is 0.151. The molecule has 2 fully saturated rings. The van der Waals surface area contributed by atoms with E-state index in [1.54, 1.807) is 12.1 Å². The molecule has 0 aliphatic carbocycles. The fraction of sp³-hybridized carbons (Fsp3) is 0.562. The number of halogens is 2. The molecule has 0 spiro atoms. The van der Waals surface area contributed by atoms with Crippen LogP contribution >= 0.6 is 23.2 Å². The summed E-state index contributed by atoms with van der Waals surface area (Å²) in [5, 5.41) is 20.3. The molecule has 0 saturated carbocycles. The number of aliphatic hydroxyl groups excluding tert-OH is 1. The molecular weight excluding hydrogens is 339 g/mol. The van der Waals surface area contributed by atoms with E-state index in [4.69, 9.17) is 23.2 Å². The number of amides is 1. The van der Waals surface area contributed by atoms with Gasteiger partial charge in [-0.05, 0) is 25.5 Å². The van der Waals surface area contributed by atoms with Crippen LogP contribution in [0, 0.1) is 0 Å². The maximum absolute atomic E-state index is 12.4. The van der Waals surface area contributed by atoms with Crippen molar-refractivity contribution in [1.29, 1.82) is 0 Å². The molecule has 2 N–H and O–H groups in total. The van der Waals surface area contributed by atoms with Crippen LogP contribution in [0.1, 0.15) is 24.8 Å². The standard InChI is InChI=1S/C16H20Cl2N2O3/c1-9(8-21)19-6-11-4-10(5-20(11)14(23)7-19)15-13(22)3-2-12(17)16(15)18/h2-3,9-11,21-22H,4-8H2,1H3/t9-,10-,11-/m0/s1. The fourth-order valence-electron chi connectivity index (χ4n) is 3.60. The largest absolute Gasteiger partial charge is 0.508 e. The third-order valence-electron chi connectivity index (χ3n) is 4.92. The van der Waals surface area contributed by atoms with Gasteiger partial charge in [-0.1, -0.05) is 23.2 Å². The summed E-state index contributed by atoms with van der Waals surface area (Å²) in [7, 11) is 0. The number of piperazine rings is 1. The maximum Gasteiger partial charge on any atom is 0.237 e. The lowest BCUT2D eigenvalue weighted by Crippen LogP contribution is -2.56. The summed E-state index contributed by atoms with van der Waals surface area (Å²) in [6.45, 7) is 3.53. The highest BCUT2D eigenvalue weighted by Crippen LogP contribution is 2.43. The quantitative estimate of drug-likeness (QED) is 0.868. The molecule has 0 radical (unpaired) electrons. The van der Waals surface area contributed by atoms with Crippen LogP contribution in [0.5, 0.6) is 5.75 Å². The van der Waals surface area contributed by atoms with Gasteiger partial charge in [-0.3, -0.25) is 9.69 Å².